The Labute approximate surface area is 266 Å². The van der Waals surface area contributed by atoms with Gasteiger partial charge in [-0.3, -0.25) is 9.59 Å². The van der Waals surface area contributed by atoms with Gasteiger partial charge in [0.25, 0.3) is 0 Å². The molecule has 1 aromatic heterocycles. The molecule has 0 amide bonds. The molecule has 0 saturated heterocycles. The van der Waals surface area contributed by atoms with Crippen LogP contribution in [0.4, 0.5) is 0 Å². The molecule has 3 N–H and O–H groups in total. The number of aliphatic carboxylic acids is 1. The fourth-order valence-corrected chi connectivity index (χ4v) is 7.26. The molecule has 7 nitrogen and oxygen atoms in total. The van der Waals surface area contributed by atoms with E-state index < -0.39 is 44.2 Å². The van der Waals surface area contributed by atoms with Gasteiger partial charge in [-0.1, -0.05) is 67.0 Å². The van der Waals surface area contributed by atoms with E-state index in [1.54, 1.807) is 25.2 Å². The van der Waals surface area contributed by atoms with Crippen molar-refractivity contribution >= 4 is 37.5 Å². The summed E-state index contributed by atoms with van der Waals surface area (Å²) in [7, 11) is -2.24. The van der Waals surface area contributed by atoms with Gasteiger partial charge in [0.15, 0.2) is 8.32 Å². The highest BCUT2D eigenvalue weighted by Crippen LogP contribution is 2.41. The Morgan fingerprint density at radius 2 is 1.67 bits per heavy atom. The maximum absolute atomic E-state index is 13.7. The van der Waals surface area contributed by atoms with Crippen molar-refractivity contribution < 1.29 is 29.3 Å². The summed E-state index contributed by atoms with van der Waals surface area (Å²) in [5.74, 6) is -1.78. The highest BCUT2D eigenvalue weighted by Gasteiger charge is 2.46. The van der Waals surface area contributed by atoms with Crippen molar-refractivity contribution in [1.82, 2.24) is 4.98 Å². The molecule has 0 fully saturated rings. The van der Waals surface area contributed by atoms with Gasteiger partial charge >= 0.3 is 5.97 Å². The molecule has 0 radical (unpaired) electrons. The smallest absolute Gasteiger partial charge is 0.306 e. The van der Waals surface area contributed by atoms with E-state index in [9.17, 15) is 24.9 Å². The van der Waals surface area contributed by atoms with Crippen molar-refractivity contribution in [2.24, 2.45) is 23.2 Å². The third kappa shape index (κ3) is 11.7. The molecule has 6 atom stereocenters. The number of aliphatic hydroxyl groups excluding tert-OH is 2. The zero-order chi connectivity index (χ0) is 33.5. The van der Waals surface area contributed by atoms with E-state index in [2.05, 4.69) is 58.8 Å². The van der Waals surface area contributed by atoms with Crippen LogP contribution in [0.5, 0.6) is 0 Å². The lowest BCUT2D eigenvalue weighted by atomic mass is 9.73. The van der Waals surface area contributed by atoms with Gasteiger partial charge in [-0.15, -0.1) is 11.3 Å². The first-order valence-electron chi connectivity index (χ1n) is 15.6. The average molecular weight is 638 g/mol. The Balaban J connectivity index is 3.03. The van der Waals surface area contributed by atoms with E-state index in [-0.39, 0.29) is 28.8 Å². The minimum atomic E-state index is -2.24. The van der Waals surface area contributed by atoms with Crippen LogP contribution in [0.1, 0.15) is 106 Å². The second kappa shape index (κ2) is 16.1. The predicted octanol–water partition coefficient (Wildman–Crippen LogP) is 8.06. The molecule has 0 aromatic carbocycles. The van der Waals surface area contributed by atoms with Crippen molar-refractivity contribution in [3.8, 4) is 0 Å². The number of carbonyl (C=O) groups is 2. The van der Waals surface area contributed by atoms with Crippen LogP contribution in [0.2, 0.25) is 18.1 Å². The summed E-state index contributed by atoms with van der Waals surface area (Å²) < 4.78 is 6.90. The van der Waals surface area contributed by atoms with E-state index >= 15 is 0 Å². The second-order valence-electron chi connectivity index (χ2n) is 14.7. The fourth-order valence-electron chi connectivity index (χ4n) is 5.22. The number of carboxylic acids is 1. The van der Waals surface area contributed by atoms with Crippen LogP contribution >= 0.6 is 11.3 Å². The second-order valence-corrected chi connectivity index (χ2v) is 20.5. The number of aliphatic hydroxyl groups is 2. The normalized spacial score (nSPS) is 18.1. The number of Topliss-reactive ketones (excluding diaryl/α,β-unsaturated/α-hetero) is 1. The SMILES string of the molecule is C/C(=C/[C@H](C)[C@H](O)/C(C)=C/c1csc(C)n1)CCC[C@H](C)[C@H](O[Si](C)(C)C(C)(C)C)[C@@H](C)C(=O)C(C)(C)[C@@H](O)CC(=O)O. The molecular formula is C34H59NO6SSi. The van der Waals surface area contributed by atoms with E-state index in [4.69, 9.17) is 4.43 Å². The van der Waals surface area contributed by atoms with E-state index in [1.165, 1.54) is 5.57 Å². The van der Waals surface area contributed by atoms with Crippen molar-refractivity contribution in [3.05, 3.63) is 33.3 Å². The van der Waals surface area contributed by atoms with Crippen molar-refractivity contribution in [2.45, 2.75) is 138 Å². The van der Waals surface area contributed by atoms with Gasteiger partial charge in [-0.2, -0.15) is 0 Å². The number of hydrogen-bond donors (Lipinski definition) is 3. The standard InChI is InChI=1S/C34H59NO6SSi/c1-21(17-23(3)30(39)24(4)18-27-20-42-26(6)35-27)15-14-16-22(2)31(41-43(12,13)33(7,8)9)25(5)32(40)34(10,11)28(36)19-29(37)38/h17-18,20,22-23,25,28,30-31,36,39H,14-16,19H2,1-13H3,(H,37,38)/b21-17-,24-18+/t22-,23-,25+,28-,30-,31-/m0/s1. The molecule has 0 aliphatic rings. The number of carbonyl (C=O) groups excluding carboxylic acids is 1. The number of allylic oxidation sites excluding steroid dienone is 1. The first-order chi connectivity index (χ1) is 19.5. The molecule has 0 bridgehead atoms. The zero-order valence-electron chi connectivity index (χ0n) is 28.9. The molecule has 1 aromatic rings. The zero-order valence-corrected chi connectivity index (χ0v) is 30.8. The lowest BCUT2D eigenvalue weighted by Crippen LogP contribution is -2.51. The van der Waals surface area contributed by atoms with Gasteiger partial charge in [-0.05, 0) is 75.7 Å². The predicted molar refractivity (Wildman–Crippen MR) is 181 cm³/mol. The number of carboxylic acid groups (broad SMARTS) is 1. The summed E-state index contributed by atoms with van der Waals surface area (Å²) >= 11 is 1.59. The lowest BCUT2D eigenvalue weighted by Gasteiger charge is -2.44. The summed E-state index contributed by atoms with van der Waals surface area (Å²) in [4.78, 5) is 29.5. The Morgan fingerprint density at radius 1 is 1.09 bits per heavy atom. The summed E-state index contributed by atoms with van der Waals surface area (Å²) in [6.45, 7) is 26.2. The quantitative estimate of drug-likeness (QED) is 0.117. The molecule has 9 heteroatoms. The fraction of sp³-hybridized carbons (Fsp3) is 0.735. The molecule has 0 spiro atoms. The van der Waals surface area contributed by atoms with E-state index in [0.29, 0.717) is 0 Å². The maximum atomic E-state index is 13.7. The topological polar surface area (TPSA) is 117 Å². The molecule has 0 saturated carbocycles. The van der Waals surface area contributed by atoms with Crippen molar-refractivity contribution in [1.29, 1.82) is 0 Å². The molecule has 1 heterocycles. The number of aromatic nitrogens is 1. The van der Waals surface area contributed by atoms with E-state index in [0.717, 1.165) is 35.5 Å². The first-order valence-corrected chi connectivity index (χ1v) is 19.4. The van der Waals surface area contributed by atoms with Crippen LogP contribution in [0.15, 0.2) is 22.6 Å². The maximum Gasteiger partial charge on any atom is 0.306 e. The minimum absolute atomic E-state index is 0.0415. The molecule has 43 heavy (non-hydrogen) atoms. The van der Waals surface area contributed by atoms with E-state index in [1.807, 2.05) is 39.2 Å². The number of nitrogens with zero attached hydrogens (tertiary/aromatic N) is 1. The molecular weight excluding hydrogens is 579 g/mol. The summed E-state index contributed by atoms with van der Waals surface area (Å²) in [6, 6.07) is 0. The Hall–Kier alpha value is -1.65. The van der Waals surface area contributed by atoms with Crippen molar-refractivity contribution in [2.75, 3.05) is 0 Å². The van der Waals surface area contributed by atoms with Gasteiger partial charge in [0.2, 0.25) is 0 Å². The van der Waals surface area contributed by atoms with Crippen LogP contribution in [0.3, 0.4) is 0 Å². The van der Waals surface area contributed by atoms with Gasteiger partial charge in [0.05, 0.1) is 40.8 Å². The average Bonchev–Trinajstić information content (AvgIpc) is 3.28. The largest absolute Gasteiger partial charge is 0.481 e. The van der Waals surface area contributed by atoms with Gasteiger partial charge < -0.3 is 19.7 Å². The van der Waals surface area contributed by atoms with Gasteiger partial charge in [0.1, 0.15) is 5.78 Å². The lowest BCUT2D eigenvalue weighted by molar-refractivity contribution is -0.147. The van der Waals surface area contributed by atoms with Crippen LogP contribution in [-0.2, 0) is 14.0 Å². The number of aryl methyl sites for hydroxylation is 1. The van der Waals surface area contributed by atoms with Gasteiger partial charge in [-0.25, -0.2) is 4.98 Å². The summed E-state index contributed by atoms with van der Waals surface area (Å²) in [5, 5.41) is 33.7. The van der Waals surface area contributed by atoms with Crippen molar-refractivity contribution in [3.63, 3.8) is 0 Å². The monoisotopic (exact) mass is 637 g/mol. The highest BCUT2D eigenvalue weighted by molar-refractivity contribution is 7.09. The third-order valence-electron chi connectivity index (χ3n) is 9.30. The Kier molecular flexibility index (Phi) is 14.7. The first kappa shape index (κ1) is 39.4. The highest BCUT2D eigenvalue weighted by atomic mass is 32.1. The summed E-state index contributed by atoms with van der Waals surface area (Å²) in [5.41, 5.74) is 1.76. The van der Waals surface area contributed by atoms with Crippen LogP contribution in [0.25, 0.3) is 6.08 Å². The Bertz CT molecular complexity index is 1130. The van der Waals surface area contributed by atoms with Crippen LogP contribution in [0, 0.1) is 30.1 Å². The molecule has 246 valence electrons. The number of rotatable bonds is 17. The molecule has 0 aliphatic carbocycles. The third-order valence-corrected chi connectivity index (χ3v) is 14.6. The Morgan fingerprint density at radius 3 is 2.16 bits per heavy atom. The number of hydrogen-bond acceptors (Lipinski definition) is 7. The number of thiazole rings is 1. The number of ketones is 1. The molecule has 0 unspecified atom stereocenters. The summed E-state index contributed by atoms with van der Waals surface area (Å²) in [6.07, 6.45) is 4.01. The minimum Gasteiger partial charge on any atom is -0.481 e. The molecule has 1 rings (SSSR count). The van der Waals surface area contributed by atoms with Crippen LogP contribution in [-0.4, -0.2) is 58.7 Å². The van der Waals surface area contributed by atoms with Gasteiger partial charge in [0, 0.05) is 17.2 Å². The van der Waals surface area contributed by atoms with Crippen LogP contribution < -0.4 is 0 Å². The molecule has 0 aliphatic heterocycles.